The van der Waals surface area contributed by atoms with Gasteiger partial charge in [0.1, 0.15) is 11.9 Å². The molecule has 92 valence electrons. The van der Waals surface area contributed by atoms with Gasteiger partial charge in [0.05, 0.1) is 26.7 Å². The van der Waals surface area contributed by atoms with Crippen molar-refractivity contribution in [1.82, 2.24) is 0 Å². The Hall–Kier alpha value is -1.55. The quantitative estimate of drug-likeness (QED) is 0.744. The lowest BCUT2D eigenvalue weighted by Gasteiger charge is -2.11. The van der Waals surface area contributed by atoms with Crippen molar-refractivity contribution in [3.8, 4) is 5.75 Å². The molecule has 1 saturated heterocycles. The van der Waals surface area contributed by atoms with E-state index in [0.717, 1.165) is 24.3 Å². The third kappa shape index (κ3) is 3.46. The van der Waals surface area contributed by atoms with Gasteiger partial charge in [-0.2, -0.15) is 0 Å². The van der Waals surface area contributed by atoms with E-state index in [1.165, 1.54) is 7.11 Å². The molecule has 0 unspecified atom stereocenters. The minimum atomic E-state index is -0.233. The summed E-state index contributed by atoms with van der Waals surface area (Å²) in [7, 11) is 1.39. The molecule has 0 saturated carbocycles. The van der Waals surface area contributed by atoms with Crippen LogP contribution in [0.15, 0.2) is 24.3 Å². The Kier molecular flexibility index (Phi) is 3.98. The van der Waals surface area contributed by atoms with Gasteiger partial charge in [0.15, 0.2) is 0 Å². The third-order valence-electron chi connectivity index (χ3n) is 2.69. The highest BCUT2D eigenvalue weighted by Gasteiger charge is 2.16. The van der Waals surface area contributed by atoms with E-state index in [1.54, 1.807) is 0 Å². The molecule has 0 amide bonds. The average molecular weight is 236 g/mol. The Bertz CT molecular complexity index is 366. The summed E-state index contributed by atoms with van der Waals surface area (Å²) in [6.45, 7) is 1.43. The Morgan fingerprint density at radius 3 is 2.76 bits per heavy atom. The van der Waals surface area contributed by atoms with Gasteiger partial charge in [-0.1, -0.05) is 12.1 Å². The molecule has 1 heterocycles. The van der Waals surface area contributed by atoms with Crippen molar-refractivity contribution in [2.75, 3.05) is 20.3 Å². The highest BCUT2D eigenvalue weighted by Crippen LogP contribution is 2.17. The Morgan fingerprint density at radius 1 is 1.41 bits per heavy atom. The second-order valence-electron chi connectivity index (χ2n) is 4.00. The van der Waals surface area contributed by atoms with Crippen LogP contribution >= 0.6 is 0 Å². The van der Waals surface area contributed by atoms with Crippen LogP contribution in [0.5, 0.6) is 5.75 Å². The van der Waals surface area contributed by atoms with Gasteiger partial charge < -0.3 is 14.2 Å². The molecule has 0 aliphatic carbocycles. The Balaban J connectivity index is 1.90. The lowest BCUT2D eigenvalue weighted by Crippen LogP contribution is -2.15. The fraction of sp³-hybridized carbons (Fsp3) is 0.462. The summed E-state index contributed by atoms with van der Waals surface area (Å²) in [6, 6.07) is 7.50. The summed E-state index contributed by atoms with van der Waals surface area (Å²) >= 11 is 0. The fourth-order valence-electron chi connectivity index (χ4n) is 1.72. The third-order valence-corrected chi connectivity index (χ3v) is 2.69. The first-order chi connectivity index (χ1) is 8.28. The van der Waals surface area contributed by atoms with Gasteiger partial charge in [-0.25, -0.2) is 0 Å². The van der Waals surface area contributed by atoms with E-state index in [-0.39, 0.29) is 12.1 Å². The smallest absolute Gasteiger partial charge is 0.309 e. The Labute approximate surface area is 100 Å². The van der Waals surface area contributed by atoms with Crippen molar-refractivity contribution < 1.29 is 19.0 Å². The molecule has 17 heavy (non-hydrogen) atoms. The molecular weight excluding hydrogens is 220 g/mol. The number of hydrogen-bond donors (Lipinski definition) is 0. The monoisotopic (exact) mass is 236 g/mol. The molecule has 0 aromatic heterocycles. The second-order valence-corrected chi connectivity index (χ2v) is 4.00. The first kappa shape index (κ1) is 11.9. The number of hydrogen-bond acceptors (Lipinski definition) is 4. The summed E-state index contributed by atoms with van der Waals surface area (Å²) in [6.07, 6.45) is 1.38. The number of rotatable bonds is 4. The molecule has 1 atom stereocenters. The number of carbonyl (C=O) groups is 1. The lowest BCUT2D eigenvalue weighted by atomic mass is 10.1. The van der Waals surface area contributed by atoms with E-state index in [2.05, 4.69) is 4.74 Å². The first-order valence-electron chi connectivity index (χ1n) is 5.68. The predicted molar refractivity (Wildman–Crippen MR) is 62.0 cm³/mol. The zero-order valence-electron chi connectivity index (χ0n) is 9.85. The van der Waals surface area contributed by atoms with E-state index < -0.39 is 0 Å². The molecule has 0 radical (unpaired) electrons. The summed E-state index contributed by atoms with van der Waals surface area (Å²) in [5.74, 6) is 0.581. The van der Waals surface area contributed by atoms with E-state index in [4.69, 9.17) is 9.47 Å². The van der Waals surface area contributed by atoms with Gasteiger partial charge in [0, 0.05) is 6.42 Å². The zero-order chi connectivity index (χ0) is 12.1. The summed E-state index contributed by atoms with van der Waals surface area (Å²) in [5.41, 5.74) is 0.923. The summed E-state index contributed by atoms with van der Waals surface area (Å²) in [4.78, 5) is 11.1. The number of esters is 1. The minimum Gasteiger partial charge on any atom is -0.488 e. The minimum absolute atomic E-state index is 0.154. The largest absolute Gasteiger partial charge is 0.488 e. The predicted octanol–water partition coefficient (Wildman–Crippen LogP) is 1.57. The maximum atomic E-state index is 11.1. The van der Waals surface area contributed by atoms with Crippen LogP contribution in [0.1, 0.15) is 12.0 Å². The van der Waals surface area contributed by atoms with Crippen molar-refractivity contribution in [1.29, 1.82) is 0 Å². The molecule has 4 nitrogen and oxygen atoms in total. The van der Waals surface area contributed by atoms with Crippen molar-refractivity contribution in [3.63, 3.8) is 0 Å². The molecule has 1 aromatic rings. The summed E-state index contributed by atoms with van der Waals surface area (Å²) in [5, 5.41) is 0. The maximum Gasteiger partial charge on any atom is 0.309 e. The van der Waals surface area contributed by atoms with Gasteiger partial charge in [0.25, 0.3) is 0 Å². The molecule has 1 aromatic carbocycles. The molecule has 4 heteroatoms. The zero-order valence-corrected chi connectivity index (χ0v) is 9.85. The van der Waals surface area contributed by atoms with Crippen LogP contribution in [0, 0.1) is 0 Å². The van der Waals surface area contributed by atoms with Gasteiger partial charge in [-0.3, -0.25) is 4.79 Å². The second kappa shape index (κ2) is 5.68. The highest BCUT2D eigenvalue weighted by molar-refractivity contribution is 5.72. The van der Waals surface area contributed by atoms with E-state index >= 15 is 0 Å². The molecule has 1 aliphatic heterocycles. The summed E-state index contributed by atoms with van der Waals surface area (Å²) < 4.78 is 15.6. The fourth-order valence-corrected chi connectivity index (χ4v) is 1.72. The van der Waals surface area contributed by atoms with Crippen LogP contribution in [0.3, 0.4) is 0 Å². The number of carbonyl (C=O) groups excluding carboxylic acids is 1. The van der Waals surface area contributed by atoms with Crippen LogP contribution in [0.2, 0.25) is 0 Å². The van der Waals surface area contributed by atoms with E-state index in [0.29, 0.717) is 13.0 Å². The molecule has 0 spiro atoms. The standard InChI is InChI=1S/C13H16O4/c1-15-13(14)8-10-2-4-11(5-3-10)17-12-6-7-16-9-12/h2-5,12H,6-9H2,1H3/t12-/m0/s1. The van der Waals surface area contributed by atoms with Crippen LogP contribution in [0.25, 0.3) is 0 Å². The van der Waals surface area contributed by atoms with E-state index in [9.17, 15) is 4.79 Å². The number of ether oxygens (including phenoxy) is 3. The van der Waals surface area contributed by atoms with Crippen LogP contribution in [-0.2, 0) is 20.7 Å². The molecule has 0 bridgehead atoms. The van der Waals surface area contributed by atoms with Gasteiger partial charge in [-0.15, -0.1) is 0 Å². The van der Waals surface area contributed by atoms with Crippen LogP contribution in [-0.4, -0.2) is 32.4 Å². The van der Waals surface area contributed by atoms with Crippen molar-refractivity contribution >= 4 is 5.97 Å². The van der Waals surface area contributed by atoms with E-state index in [1.807, 2.05) is 24.3 Å². The van der Waals surface area contributed by atoms with Crippen molar-refractivity contribution in [2.45, 2.75) is 18.9 Å². The molecule has 0 N–H and O–H groups in total. The average Bonchev–Trinajstić information content (AvgIpc) is 2.84. The molecule has 1 aliphatic rings. The Morgan fingerprint density at radius 2 is 2.18 bits per heavy atom. The SMILES string of the molecule is COC(=O)Cc1ccc(O[C@H]2CCOC2)cc1. The van der Waals surface area contributed by atoms with Crippen molar-refractivity contribution in [3.05, 3.63) is 29.8 Å². The molecule has 1 fully saturated rings. The van der Waals surface area contributed by atoms with Crippen molar-refractivity contribution in [2.24, 2.45) is 0 Å². The molecule has 2 rings (SSSR count). The van der Waals surface area contributed by atoms with Crippen LogP contribution < -0.4 is 4.74 Å². The first-order valence-corrected chi connectivity index (χ1v) is 5.68. The molecular formula is C13H16O4. The van der Waals surface area contributed by atoms with Gasteiger partial charge >= 0.3 is 5.97 Å². The normalized spacial score (nSPS) is 19.0. The number of benzene rings is 1. The highest BCUT2D eigenvalue weighted by atomic mass is 16.5. The van der Waals surface area contributed by atoms with Gasteiger partial charge in [-0.05, 0) is 17.7 Å². The van der Waals surface area contributed by atoms with Gasteiger partial charge in [0.2, 0.25) is 0 Å². The maximum absolute atomic E-state index is 11.1. The van der Waals surface area contributed by atoms with Crippen LogP contribution in [0.4, 0.5) is 0 Å². The lowest BCUT2D eigenvalue weighted by molar-refractivity contribution is -0.139. The number of methoxy groups -OCH3 is 1. The topological polar surface area (TPSA) is 44.8 Å².